The summed E-state index contributed by atoms with van der Waals surface area (Å²) in [7, 11) is 1.24. The summed E-state index contributed by atoms with van der Waals surface area (Å²) in [4.78, 5) is 79.2. The van der Waals surface area contributed by atoms with E-state index in [4.69, 9.17) is 14.2 Å². The molecule has 0 aliphatic carbocycles. The van der Waals surface area contributed by atoms with Gasteiger partial charge in [0, 0.05) is 24.9 Å². The Balaban J connectivity index is 3.54. The molecule has 0 bridgehead atoms. The van der Waals surface area contributed by atoms with Crippen LogP contribution < -0.4 is 0 Å². The summed E-state index contributed by atoms with van der Waals surface area (Å²) in [6.07, 6.45) is 2.31. The fourth-order valence-corrected chi connectivity index (χ4v) is 5.91. The van der Waals surface area contributed by atoms with Crippen LogP contribution in [0, 0.1) is 34.5 Å². The number of hydrogen-bond acceptors (Lipinski definition) is 9. The number of carbonyl (C=O) groups excluding carboxylic acids is 5. The number of carboxylic acids is 1. The molecule has 0 saturated carbocycles. The van der Waals surface area contributed by atoms with Crippen molar-refractivity contribution in [1.82, 2.24) is 4.90 Å². The van der Waals surface area contributed by atoms with Crippen LogP contribution in [0.3, 0.4) is 0 Å². The average Bonchev–Trinajstić information content (AvgIpc) is 3.38. The number of unbranched alkanes of at least 4 members (excludes halogenated alkanes) is 1. The normalized spacial score (nSPS) is 17.8. The van der Waals surface area contributed by atoms with Gasteiger partial charge in [0.15, 0.2) is 0 Å². The maximum atomic E-state index is 13.8. The molecule has 5 atom stereocenters. The van der Waals surface area contributed by atoms with Crippen molar-refractivity contribution in [2.45, 2.75) is 113 Å². The second-order valence-electron chi connectivity index (χ2n) is 13.7. The van der Waals surface area contributed by atoms with Crippen LogP contribution in [0.5, 0.6) is 0 Å². The number of amides is 1. The molecular weight excluding hydrogens is 570 g/mol. The third kappa shape index (κ3) is 11.5. The highest BCUT2D eigenvalue weighted by Crippen LogP contribution is 2.41. The number of ether oxygens (including phenoxy) is 3. The lowest BCUT2D eigenvalue weighted by Gasteiger charge is -2.39. The van der Waals surface area contributed by atoms with Crippen molar-refractivity contribution in [3.8, 4) is 0 Å². The zero-order valence-electron chi connectivity index (χ0n) is 28.2. The Kier molecular flexibility index (Phi) is 15.5. The molecule has 1 amide bonds. The van der Waals surface area contributed by atoms with Gasteiger partial charge in [0.2, 0.25) is 5.91 Å². The minimum absolute atomic E-state index is 0.0134. The molecule has 1 heterocycles. The van der Waals surface area contributed by atoms with Crippen LogP contribution in [0.2, 0.25) is 0 Å². The highest BCUT2D eigenvalue weighted by molar-refractivity contribution is 5.86. The van der Waals surface area contributed by atoms with Gasteiger partial charge in [-0.1, -0.05) is 34.1 Å². The van der Waals surface area contributed by atoms with E-state index >= 15 is 0 Å². The zero-order chi connectivity index (χ0) is 33.8. The lowest BCUT2D eigenvalue weighted by Crippen LogP contribution is -2.46. The molecule has 11 nitrogen and oxygen atoms in total. The molecule has 1 rings (SSSR count). The number of Topliss-reactive ketones (excluding diaryl/α,β-unsaturated/α-hetero) is 1. The highest BCUT2D eigenvalue weighted by atomic mass is 16.5. The van der Waals surface area contributed by atoms with Gasteiger partial charge in [-0.15, -0.1) is 0 Å². The van der Waals surface area contributed by atoms with Crippen molar-refractivity contribution in [1.29, 1.82) is 0 Å². The summed E-state index contributed by atoms with van der Waals surface area (Å²) >= 11 is 0. The van der Waals surface area contributed by atoms with E-state index in [0.717, 1.165) is 6.42 Å². The summed E-state index contributed by atoms with van der Waals surface area (Å²) in [6.45, 7) is 14.4. The summed E-state index contributed by atoms with van der Waals surface area (Å²) in [5.74, 6) is -5.94. The van der Waals surface area contributed by atoms with Gasteiger partial charge in [-0.2, -0.15) is 0 Å². The van der Waals surface area contributed by atoms with Gasteiger partial charge in [-0.05, 0) is 72.1 Å². The molecule has 252 valence electrons. The van der Waals surface area contributed by atoms with Crippen molar-refractivity contribution in [3.05, 3.63) is 0 Å². The van der Waals surface area contributed by atoms with Crippen molar-refractivity contribution in [2.75, 3.05) is 26.9 Å². The van der Waals surface area contributed by atoms with Gasteiger partial charge >= 0.3 is 23.9 Å². The van der Waals surface area contributed by atoms with E-state index in [1.165, 1.54) is 14.0 Å². The first-order valence-electron chi connectivity index (χ1n) is 15.8. The number of methoxy groups -OCH3 is 1. The van der Waals surface area contributed by atoms with Crippen molar-refractivity contribution in [2.24, 2.45) is 34.5 Å². The monoisotopic (exact) mass is 625 g/mol. The minimum Gasteiger partial charge on any atom is -0.481 e. The number of rotatable bonds is 20. The summed E-state index contributed by atoms with van der Waals surface area (Å²) in [5.41, 5.74) is -2.46. The Bertz CT molecular complexity index is 1020. The van der Waals surface area contributed by atoms with E-state index < -0.39 is 58.5 Å². The molecule has 1 saturated heterocycles. The third-order valence-corrected chi connectivity index (χ3v) is 8.59. The Morgan fingerprint density at radius 1 is 0.977 bits per heavy atom. The second-order valence-corrected chi connectivity index (χ2v) is 13.7. The lowest BCUT2D eigenvalue weighted by molar-refractivity contribution is -0.162. The summed E-state index contributed by atoms with van der Waals surface area (Å²) in [5, 5.41) is 10.2. The SMILES string of the molecule is CCCCOC(=O)C(C)C(CC(C)(CC(CC(CC(C)(C)C(=O)OC)C(=O)O)N1CCCC1=O)C(=O)OCC(C)C)C(C)=O. The maximum Gasteiger partial charge on any atom is 0.311 e. The van der Waals surface area contributed by atoms with Crippen LogP contribution in [0.25, 0.3) is 0 Å². The second kappa shape index (κ2) is 17.5. The Hall–Kier alpha value is -2.98. The van der Waals surface area contributed by atoms with Gasteiger partial charge in [-0.3, -0.25) is 28.8 Å². The lowest BCUT2D eigenvalue weighted by atomic mass is 9.70. The van der Waals surface area contributed by atoms with Crippen LogP contribution in [0.15, 0.2) is 0 Å². The van der Waals surface area contributed by atoms with E-state index in [2.05, 4.69) is 0 Å². The Morgan fingerprint density at radius 3 is 2.09 bits per heavy atom. The molecule has 1 fully saturated rings. The summed E-state index contributed by atoms with van der Waals surface area (Å²) < 4.78 is 16.0. The molecule has 0 aromatic rings. The molecule has 5 unspecified atom stereocenters. The third-order valence-electron chi connectivity index (χ3n) is 8.59. The molecule has 1 N–H and O–H groups in total. The van der Waals surface area contributed by atoms with Crippen LogP contribution in [0.4, 0.5) is 0 Å². The Morgan fingerprint density at radius 2 is 1.61 bits per heavy atom. The molecule has 1 aliphatic heterocycles. The maximum absolute atomic E-state index is 13.8. The number of aliphatic carboxylic acids is 1. The largest absolute Gasteiger partial charge is 0.481 e. The Labute approximate surface area is 262 Å². The number of hydrogen-bond donors (Lipinski definition) is 1. The number of carbonyl (C=O) groups is 6. The quantitative estimate of drug-likeness (QED) is 0.113. The first-order valence-corrected chi connectivity index (χ1v) is 15.8. The van der Waals surface area contributed by atoms with Crippen molar-refractivity contribution < 1.29 is 48.1 Å². The topological polar surface area (TPSA) is 154 Å². The van der Waals surface area contributed by atoms with E-state index in [9.17, 15) is 33.9 Å². The highest BCUT2D eigenvalue weighted by Gasteiger charge is 2.46. The number of likely N-dealkylation sites (tertiary alicyclic amines) is 1. The van der Waals surface area contributed by atoms with Gasteiger partial charge in [0.25, 0.3) is 0 Å². The number of ketones is 1. The van der Waals surface area contributed by atoms with Crippen LogP contribution in [0.1, 0.15) is 107 Å². The van der Waals surface area contributed by atoms with Crippen molar-refractivity contribution >= 4 is 35.6 Å². The van der Waals surface area contributed by atoms with E-state index in [1.54, 1.807) is 32.6 Å². The van der Waals surface area contributed by atoms with Gasteiger partial charge in [0.1, 0.15) is 5.78 Å². The first-order chi connectivity index (χ1) is 20.4. The van der Waals surface area contributed by atoms with Gasteiger partial charge in [0.05, 0.1) is 43.0 Å². The van der Waals surface area contributed by atoms with Gasteiger partial charge < -0.3 is 24.2 Å². The van der Waals surface area contributed by atoms with Gasteiger partial charge in [-0.25, -0.2) is 0 Å². The van der Waals surface area contributed by atoms with E-state index in [0.29, 0.717) is 25.8 Å². The molecular formula is C33H55NO10. The standard InChI is InChI=1S/C33H55NO10/c1-10-11-15-43-29(39)22(4)26(23(5)35)19-33(8,31(41)44-20-21(2)3)18-25(34-14-12-13-27(34)36)16-24(28(37)38)17-32(6,7)30(40)42-9/h21-22,24-26H,10-20H2,1-9H3,(H,37,38). The minimum atomic E-state index is -1.35. The van der Waals surface area contributed by atoms with Crippen LogP contribution in [-0.4, -0.2) is 78.5 Å². The molecule has 0 aromatic heterocycles. The first kappa shape index (κ1) is 39.0. The zero-order valence-corrected chi connectivity index (χ0v) is 28.2. The van der Waals surface area contributed by atoms with Crippen LogP contribution in [-0.2, 0) is 43.0 Å². The van der Waals surface area contributed by atoms with Crippen LogP contribution >= 0.6 is 0 Å². The van der Waals surface area contributed by atoms with E-state index in [1.807, 2.05) is 20.8 Å². The average molecular weight is 626 g/mol. The number of nitrogens with zero attached hydrogens (tertiary/aromatic N) is 1. The number of carboxylic acid groups (broad SMARTS) is 1. The molecule has 0 aromatic carbocycles. The predicted molar refractivity (Wildman–Crippen MR) is 163 cm³/mol. The van der Waals surface area contributed by atoms with E-state index in [-0.39, 0.29) is 56.5 Å². The predicted octanol–water partition coefficient (Wildman–Crippen LogP) is 4.83. The fraction of sp³-hybridized carbons (Fsp3) is 0.818. The van der Waals surface area contributed by atoms with Crippen molar-refractivity contribution in [3.63, 3.8) is 0 Å². The molecule has 1 aliphatic rings. The molecule has 0 spiro atoms. The number of esters is 3. The molecule has 11 heteroatoms. The molecule has 0 radical (unpaired) electrons. The molecule has 44 heavy (non-hydrogen) atoms. The fourth-order valence-electron chi connectivity index (χ4n) is 5.91. The summed E-state index contributed by atoms with van der Waals surface area (Å²) in [6, 6.07) is -0.699. The smallest absolute Gasteiger partial charge is 0.311 e.